The van der Waals surface area contributed by atoms with Gasteiger partial charge in [-0.05, 0) is 25.7 Å². The fourth-order valence-corrected chi connectivity index (χ4v) is 1.84. The Hall–Kier alpha value is -1.12. The predicted molar refractivity (Wildman–Crippen MR) is 57.4 cm³/mol. The molecular weight excluding hydrogens is 192 g/mol. The van der Waals surface area contributed by atoms with Gasteiger partial charge < -0.3 is 4.74 Å². The second-order valence-electron chi connectivity index (χ2n) is 3.86. The number of allylic oxidation sites excluding steroid dienone is 1. The molecule has 1 aliphatic rings. The van der Waals surface area contributed by atoms with E-state index < -0.39 is 5.97 Å². The van der Waals surface area contributed by atoms with E-state index in [4.69, 9.17) is 4.74 Å². The smallest absolute Gasteiger partial charge is 0.331 e. The first kappa shape index (κ1) is 12.0. The maximum Gasteiger partial charge on any atom is 0.331 e. The van der Waals surface area contributed by atoms with Crippen molar-refractivity contribution in [2.45, 2.75) is 39.5 Å². The maximum absolute atomic E-state index is 11.5. The summed E-state index contributed by atoms with van der Waals surface area (Å²) in [5, 5.41) is 0. The molecule has 0 amide bonds. The standard InChI is InChI=1S/C12H18O3/c1-3-9-5-6-11(13)10(7-9)8-12(14)15-4-2/h8-9H,3-7H2,1-2H3/b10-8+. The van der Waals surface area contributed by atoms with E-state index in [-0.39, 0.29) is 5.78 Å². The van der Waals surface area contributed by atoms with E-state index in [1.807, 2.05) is 0 Å². The van der Waals surface area contributed by atoms with Gasteiger partial charge in [-0.3, -0.25) is 4.79 Å². The van der Waals surface area contributed by atoms with E-state index in [9.17, 15) is 9.59 Å². The number of carbonyl (C=O) groups is 2. The first-order valence-electron chi connectivity index (χ1n) is 5.57. The van der Waals surface area contributed by atoms with Crippen molar-refractivity contribution in [2.24, 2.45) is 5.92 Å². The van der Waals surface area contributed by atoms with Crippen LogP contribution in [0.1, 0.15) is 39.5 Å². The summed E-state index contributed by atoms with van der Waals surface area (Å²) in [6, 6.07) is 0. The Morgan fingerprint density at radius 1 is 1.53 bits per heavy atom. The molecule has 0 radical (unpaired) electrons. The van der Waals surface area contributed by atoms with Crippen molar-refractivity contribution in [3.63, 3.8) is 0 Å². The number of Topliss-reactive ketones (excluding diaryl/α,β-unsaturated/α-hetero) is 1. The normalized spacial score (nSPS) is 24.3. The molecule has 1 saturated carbocycles. The number of hydrogen-bond acceptors (Lipinski definition) is 3. The van der Waals surface area contributed by atoms with E-state index in [0.29, 0.717) is 24.5 Å². The van der Waals surface area contributed by atoms with Crippen LogP contribution >= 0.6 is 0 Å². The molecule has 3 heteroatoms. The molecule has 0 aromatic heterocycles. The highest BCUT2D eigenvalue weighted by atomic mass is 16.5. The molecule has 3 nitrogen and oxygen atoms in total. The topological polar surface area (TPSA) is 43.4 Å². The second kappa shape index (κ2) is 5.69. The zero-order chi connectivity index (χ0) is 11.3. The average Bonchev–Trinajstić information content (AvgIpc) is 2.21. The lowest BCUT2D eigenvalue weighted by Crippen LogP contribution is -2.18. The van der Waals surface area contributed by atoms with Crippen molar-refractivity contribution in [3.05, 3.63) is 11.6 Å². The molecule has 1 fully saturated rings. The van der Waals surface area contributed by atoms with Crippen LogP contribution in [0.4, 0.5) is 0 Å². The minimum atomic E-state index is -0.391. The fraction of sp³-hybridized carbons (Fsp3) is 0.667. The molecule has 0 aliphatic heterocycles. The van der Waals surface area contributed by atoms with Crippen molar-refractivity contribution in [3.8, 4) is 0 Å². The SMILES string of the molecule is CCOC(=O)/C=C1\CC(CC)CCC1=O. The van der Waals surface area contributed by atoms with Crippen LogP contribution in [-0.4, -0.2) is 18.4 Å². The highest BCUT2D eigenvalue weighted by Gasteiger charge is 2.22. The quantitative estimate of drug-likeness (QED) is 0.530. The molecular formula is C12H18O3. The van der Waals surface area contributed by atoms with Gasteiger partial charge in [-0.2, -0.15) is 0 Å². The molecule has 15 heavy (non-hydrogen) atoms. The zero-order valence-electron chi connectivity index (χ0n) is 9.41. The summed E-state index contributed by atoms with van der Waals surface area (Å²) in [7, 11) is 0. The fourth-order valence-electron chi connectivity index (χ4n) is 1.84. The molecule has 1 atom stereocenters. The van der Waals surface area contributed by atoms with Gasteiger partial charge >= 0.3 is 5.97 Å². The second-order valence-corrected chi connectivity index (χ2v) is 3.86. The van der Waals surface area contributed by atoms with Crippen molar-refractivity contribution in [2.75, 3.05) is 6.61 Å². The van der Waals surface area contributed by atoms with Crippen LogP contribution < -0.4 is 0 Å². The Bertz CT molecular complexity index is 279. The molecule has 0 spiro atoms. The number of ether oxygens (including phenoxy) is 1. The highest BCUT2D eigenvalue weighted by Crippen LogP contribution is 2.27. The molecule has 1 aliphatic carbocycles. The van der Waals surface area contributed by atoms with Crippen LogP contribution in [0.3, 0.4) is 0 Å². The largest absolute Gasteiger partial charge is 0.463 e. The number of rotatable bonds is 3. The molecule has 0 N–H and O–H groups in total. The Morgan fingerprint density at radius 2 is 2.27 bits per heavy atom. The Labute approximate surface area is 90.5 Å². The van der Waals surface area contributed by atoms with Crippen LogP contribution in [-0.2, 0) is 14.3 Å². The van der Waals surface area contributed by atoms with Gasteiger partial charge in [-0.15, -0.1) is 0 Å². The highest BCUT2D eigenvalue weighted by molar-refractivity contribution is 6.01. The van der Waals surface area contributed by atoms with E-state index >= 15 is 0 Å². The molecule has 0 saturated heterocycles. The van der Waals surface area contributed by atoms with Crippen molar-refractivity contribution in [1.82, 2.24) is 0 Å². The minimum absolute atomic E-state index is 0.104. The molecule has 84 valence electrons. The van der Waals surface area contributed by atoms with Gasteiger partial charge in [0.1, 0.15) is 0 Å². The molecule has 0 aromatic carbocycles. The minimum Gasteiger partial charge on any atom is -0.463 e. The Balaban J connectivity index is 2.64. The average molecular weight is 210 g/mol. The number of ketones is 1. The third kappa shape index (κ3) is 3.50. The van der Waals surface area contributed by atoms with Crippen molar-refractivity contribution in [1.29, 1.82) is 0 Å². The molecule has 0 aromatic rings. The van der Waals surface area contributed by atoms with Crippen LogP contribution in [0.25, 0.3) is 0 Å². The third-order valence-corrected chi connectivity index (χ3v) is 2.80. The lowest BCUT2D eigenvalue weighted by atomic mass is 9.83. The van der Waals surface area contributed by atoms with Crippen LogP contribution in [0.15, 0.2) is 11.6 Å². The van der Waals surface area contributed by atoms with Gasteiger partial charge in [0.2, 0.25) is 0 Å². The van der Waals surface area contributed by atoms with Gasteiger partial charge in [0, 0.05) is 18.1 Å². The van der Waals surface area contributed by atoms with E-state index in [0.717, 1.165) is 19.3 Å². The Kier molecular flexibility index (Phi) is 4.53. The summed E-state index contributed by atoms with van der Waals surface area (Å²) >= 11 is 0. The molecule has 0 heterocycles. The van der Waals surface area contributed by atoms with E-state index in [1.54, 1.807) is 6.92 Å². The number of esters is 1. The monoisotopic (exact) mass is 210 g/mol. The van der Waals surface area contributed by atoms with Crippen molar-refractivity contribution >= 4 is 11.8 Å². The summed E-state index contributed by atoms with van der Waals surface area (Å²) in [6.45, 7) is 4.23. The first-order chi connectivity index (χ1) is 7.17. The zero-order valence-corrected chi connectivity index (χ0v) is 9.41. The predicted octanol–water partition coefficient (Wildman–Crippen LogP) is 2.26. The van der Waals surface area contributed by atoms with Crippen LogP contribution in [0.2, 0.25) is 0 Å². The molecule has 0 bridgehead atoms. The van der Waals surface area contributed by atoms with Crippen LogP contribution in [0.5, 0.6) is 0 Å². The Morgan fingerprint density at radius 3 is 2.87 bits per heavy atom. The summed E-state index contributed by atoms with van der Waals surface area (Å²) in [5.74, 6) is 0.258. The molecule has 1 rings (SSSR count). The van der Waals surface area contributed by atoms with Gasteiger partial charge in [-0.1, -0.05) is 13.3 Å². The van der Waals surface area contributed by atoms with Crippen LogP contribution in [0, 0.1) is 5.92 Å². The summed E-state index contributed by atoms with van der Waals surface area (Å²) < 4.78 is 4.79. The number of hydrogen-bond donors (Lipinski definition) is 0. The molecule has 1 unspecified atom stereocenters. The summed E-state index contributed by atoms with van der Waals surface area (Å²) in [6.07, 6.45) is 4.69. The maximum atomic E-state index is 11.5. The van der Waals surface area contributed by atoms with Gasteiger partial charge in [0.05, 0.1) is 6.61 Å². The van der Waals surface area contributed by atoms with Gasteiger partial charge in [0.15, 0.2) is 5.78 Å². The third-order valence-electron chi connectivity index (χ3n) is 2.80. The van der Waals surface area contributed by atoms with E-state index in [2.05, 4.69) is 6.92 Å². The lowest BCUT2D eigenvalue weighted by Gasteiger charge is -2.21. The van der Waals surface area contributed by atoms with Gasteiger partial charge in [0.25, 0.3) is 0 Å². The lowest BCUT2D eigenvalue weighted by molar-refractivity contribution is -0.137. The summed E-state index contributed by atoms with van der Waals surface area (Å²) in [4.78, 5) is 22.7. The number of carbonyl (C=O) groups excluding carboxylic acids is 2. The van der Waals surface area contributed by atoms with Crippen molar-refractivity contribution < 1.29 is 14.3 Å². The van der Waals surface area contributed by atoms with Gasteiger partial charge in [-0.25, -0.2) is 4.79 Å². The summed E-state index contributed by atoms with van der Waals surface area (Å²) in [5.41, 5.74) is 0.645. The van der Waals surface area contributed by atoms with E-state index in [1.165, 1.54) is 6.08 Å². The first-order valence-corrected chi connectivity index (χ1v) is 5.57.